The Morgan fingerprint density at radius 1 is 1.30 bits per heavy atom. The molecule has 0 bridgehead atoms. The van der Waals surface area contributed by atoms with Gasteiger partial charge in [0.15, 0.2) is 22.3 Å². The molecule has 2 aromatic rings. The summed E-state index contributed by atoms with van der Waals surface area (Å²) < 4.78 is 5.17. The number of aliphatic carboxylic acids is 1. The predicted molar refractivity (Wildman–Crippen MR) is 130 cm³/mol. The van der Waals surface area contributed by atoms with Crippen LogP contribution in [0.1, 0.15) is 16.1 Å². The zero-order valence-electron chi connectivity index (χ0n) is 18.9. The van der Waals surface area contributed by atoms with Crippen LogP contribution in [0.3, 0.4) is 0 Å². The topological polar surface area (TPSA) is 214 Å². The summed E-state index contributed by atoms with van der Waals surface area (Å²) in [7, 11) is 1.24. The van der Waals surface area contributed by atoms with Crippen molar-refractivity contribution in [3.8, 4) is 11.5 Å². The number of carboxylic acids is 1. The fourth-order valence-electron chi connectivity index (χ4n) is 3.58. The minimum atomic E-state index is -1.41. The second kappa shape index (κ2) is 10.4. The van der Waals surface area contributed by atoms with E-state index in [1.54, 1.807) is 0 Å². The van der Waals surface area contributed by atoms with Gasteiger partial charge < -0.3 is 35.9 Å². The zero-order valence-corrected chi connectivity index (χ0v) is 20.5. The summed E-state index contributed by atoms with van der Waals surface area (Å²) in [5, 5.41) is 35.9. The molecule has 1 fully saturated rings. The molecule has 2 aliphatic rings. The van der Waals surface area contributed by atoms with Crippen molar-refractivity contribution < 1.29 is 44.1 Å². The van der Waals surface area contributed by atoms with Crippen molar-refractivity contribution >= 4 is 57.7 Å². The predicted octanol–water partition coefficient (Wildman–Crippen LogP) is 0.0826. The maximum Gasteiger partial charge on any atom is 0.352 e. The van der Waals surface area contributed by atoms with Crippen LogP contribution >= 0.6 is 23.1 Å². The van der Waals surface area contributed by atoms with Crippen molar-refractivity contribution in [2.75, 3.05) is 25.2 Å². The lowest BCUT2D eigenvalue weighted by molar-refractivity contribution is -0.150. The highest BCUT2D eigenvalue weighted by Crippen LogP contribution is 2.40. The Hall–Kier alpha value is -4.31. The molecular weight excluding hydrogens is 530 g/mol. The molecule has 194 valence electrons. The fraction of sp³-hybridized carbons (Fsp3) is 0.238. The highest BCUT2D eigenvalue weighted by atomic mass is 32.2. The summed E-state index contributed by atoms with van der Waals surface area (Å²) in [6.45, 7) is -0.432. The number of nitrogen functional groups attached to an aromatic ring is 1. The Labute approximate surface area is 216 Å². The van der Waals surface area contributed by atoms with E-state index < -0.39 is 53.3 Å². The number of nitrogens with zero attached hydrogens (tertiary/aromatic N) is 3. The van der Waals surface area contributed by atoms with Gasteiger partial charge in [0.05, 0.1) is 5.56 Å². The Kier molecular flexibility index (Phi) is 7.21. The van der Waals surface area contributed by atoms with Gasteiger partial charge in [0, 0.05) is 16.7 Å². The molecule has 2 amide bonds. The number of β-lactam (4-membered cyclic amide) rings is 1. The van der Waals surface area contributed by atoms with E-state index in [0.717, 1.165) is 28.4 Å². The van der Waals surface area contributed by atoms with Gasteiger partial charge in [-0.3, -0.25) is 14.5 Å². The van der Waals surface area contributed by atoms with Crippen LogP contribution in [0.2, 0.25) is 0 Å². The summed E-state index contributed by atoms with van der Waals surface area (Å²) in [4.78, 5) is 59.7. The number of aromatic nitrogens is 1. The van der Waals surface area contributed by atoms with Gasteiger partial charge in [-0.25, -0.2) is 14.6 Å². The summed E-state index contributed by atoms with van der Waals surface area (Å²) >= 11 is 2.26. The maximum atomic E-state index is 12.9. The van der Waals surface area contributed by atoms with Crippen molar-refractivity contribution in [1.29, 1.82) is 0 Å². The number of fused-ring (bicyclic) bond motifs is 1. The van der Waals surface area contributed by atoms with Crippen LogP contribution in [-0.2, 0) is 24.0 Å². The van der Waals surface area contributed by atoms with Gasteiger partial charge in [0.1, 0.15) is 36.5 Å². The molecule has 3 heterocycles. The number of rotatable bonds is 8. The van der Waals surface area contributed by atoms with Crippen LogP contribution < -0.4 is 11.1 Å². The Balaban J connectivity index is 1.47. The first kappa shape index (κ1) is 25.8. The lowest BCUT2D eigenvalue weighted by Crippen LogP contribution is -2.71. The van der Waals surface area contributed by atoms with Crippen LogP contribution in [-0.4, -0.2) is 85.6 Å². The lowest BCUT2D eigenvalue weighted by Gasteiger charge is -2.49. The molecule has 0 spiro atoms. The van der Waals surface area contributed by atoms with Gasteiger partial charge in [-0.1, -0.05) is 5.16 Å². The van der Waals surface area contributed by atoms with E-state index in [-0.39, 0.29) is 39.1 Å². The number of hydrogen-bond donors (Lipinski definition) is 5. The molecule has 2 aliphatic heterocycles. The highest BCUT2D eigenvalue weighted by molar-refractivity contribution is 8.00. The average molecular weight is 550 g/mol. The van der Waals surface area contributed by atoms with Gasteiger partial charge in [0.25, 0.3) is 11.8 Å². The van der Waals surface area contributed by atoms with E-state index in [9.17, 15) is 34.5 Å². The van der Waals surface area contributed by atoms with Crippen LogP contribution in [0.5, 0.6) is 11.5 Å². The highest BCUT2D eigenvalue weighted by Gasteiger charge is 2.54. The van der Waals surface area contributed by atoms with Crippen molar-refractivity contribution in [3.63, 3.8) is 0 Å². The number of ether oxygens (including phenoxy) is 1. The van der Waals surface area contributed by atoms with E-state index in [0.29, 0.717) is 0 Å². The van der Waals surface area contributed by atoms with Gasteiger partial charge in [0.2, 0.25) is 0 Å². The number of thiazole rings is 1. The number of thioether (sulfide) groups is 1. The van der Waals surface area contributed by atoms with E-state index in [1.165, 1.54) is 30.3 Å². The van der Waals surface area contributed by atoms with Gasteiger partial charge in [-0.05, 0) is 18.2 Å². The molecule has 6 N–H and O–H groups in total. The molecule has 0 saturated carbocycles. The number of benzene rings is 1. The monoisotopic (exact) mass is 549 g/mol. The fourth-order valence-corrected chi connectivity index (χ4v) is 5.46. The van der Waals surface area contributed by atoms with E-state index >= 15 is 0 Å². The average Bonchev–Trinajstić information content (AvgIpc) is 3.30. The first-order valence-electron chi connectivity index (χ1n) is 10.3. The lowest BCUT2D eigenvalue weighted by atomic mass is 10.0. The largest absolute Gasteiger partial charge is 0.504 e. The number of amides is 2. The number of aromatic hydroxyl groups is 2. The van der Waals surface area contributed by atoms with E-state index in [2.05, 4.69) is 15.5 Å². The van der Waals surface area contributed by atoms with Crippen molar-refractivity contribution in [1.82, 2.24) is 15.2 Å². The first-order valence-corrected chi connectivity index (χ1v) is 12.3. The second-order valence-electron chi connectivity index (χ2n) is 7.59. The third-order valence-electron chi connectivity index (χ3n) is 5.29. The number of nitrogens with two attached hydrogens (primary N) is 1. The molecule has 16 heteroatoms. The van der Waals surface area contributed by atoms with Crippen LogP contribution in [0.25, 0.3) is 0 Å². The smallest absolute Gasteiger partial charge is 0.352 e. The molecule has 14 nitrogen and oxygen atoms in total. The number of carbonyl (C=O) groups excluding carboxylic acids is 3. The zero-order chi connectivity index (χ0) is 26.9. The third kappa shape index (κ3) is 5.01. The quantitative estimate of drug-likeness (QED) is 0.0973. The summed E-state index contributed by atoms with van der Waals surface area (Å²) in [6, 6.07) is 2.29. The Bertz CT molecular complexity index is 1360. The molecule has 4 rings (SSSR count). The molecule has 1 aromatic carbocycles. The van der Waals surface area contributed by atoms with Crippen molar-refractivity contribution in [2.24, 2.45) is 5.16 Å². The minimum absolute atomic E-state index is 0.0627. The van der Waals surface area contributed by atoms with Crippen LogP contribution in [0.15, 0.2) is 40.0 Å². The number of carboxylic acid groups (broad SMARTS) is 1. The maximum absolute atomic E-state index is 12.9. The molecule has 1 saturated heterocycles. The standard InChI is InChI=1S/C21H19N5O9S2/c1-34-25-13(10-7-37-21(22)23-10)16(29)24-14-17(30)26-15(19(31)32)9(6-36-18(14)26)5-35-20(33)8-2-3-11(27)12(28)4-8/h2-4,7,14,18,27-28H,5-6H2,1H3,(H2,22,23)(H,24,29)(H,31,32)/b25-13-. The number of hydrogen-bond acceptors (Lipinski definition) is 13. The van der Waals surface area contributed by atoms with Gasteiger partial charge >= 0.3 is 11.9 Å². The van der Waals surface area contributed by atoms with Crippen LogP contribution in [0, 0.1) is 0 Å². The number of phenolic OH excluding ortho intramolecular Hbond substituents is 2. The van der Waals surface area contributed by atoms with E-state index in [4.69, 9.17) is 15.3 Å². The third-order valence-corrected chi connectivity index (χ3v) is 7.30. The number of phenols is 2. The summed E-state index contributed by atoms with van der Waals surface area (Å²) in [6.07, 6.45) is 0. The first-order chi connectivity index (χ1) is 17.6. The SMILES string of the molecule is CO/N=C(\C(=O)NC1C(=O)N2C(C(=O)O)=C(COC(=O)c3ccc(O)c(O)c3)CSC12)c1csc(N)n1. The molecule has 37 heavy (non-hydrogen) atoms. The Morgan fingerprint density at radius 2 is 2.05 bits per heavy atom. The van der Waals surface area contributed by atoms with Gasteiger partial charge in [-0.2, -0.15) is 0 Å². The molecular formula is C21H19N5O9S2. The molecule has 2 unspecified atom stereocenters. The van der Waals surface area contributed by atoms with Crippen LogP contribution in [0.4, 0.5) is 5.13 Å². The Morgan fingerprint density at radius 3 is 2.68 bits per heavy atom. The number of carbonyl (C=O) groups is 4. The number of esters is 1. The molecule has 0 radical (unpaired) electrons. The van der Waals surface area contributed by atoms with Gasteiger partial charge in [-0.15, -0.1) is 23.1 Å². The normalized spacial score (nSPS) is 19.1. The second-order valence-corrected chi connectivity index (χ2v) is 9.59. The number of nitrogens with one attached hydrogen (secondary N) is 1. The number of anilines is 1. The molecule has 2 atom stereocenters. The summed E-state index contributed by atoms with van der Waals surface area (Å²) in [5.41, 5.74) is 5.31. The van der Waals surface area contributed by atoms with Crippen molar-refractivity contribution in [2.45, 2.75) is 11.4 Å². The molecule has 1 aromatic heterocycles. The van der Waals surface area contributed by atoms with E-state index in [1.807, 2.05) is 0 Å². The number of oxime groups is 1. The van der Waals surface area contributed by atoms with Crippen molar-refractivity contribution in [3.05, 3.63) is 46.1 Å². The summed E-state index contributed by atoms with van der Waals surface area (Å²) in [5.74, 6) is -4.56. The minimum Gasteiger partial charge on any atom is -0.504 e. The molecule has 0 aliphatic carbocycles.